The molecule has 0 atom stereocenters. The molecule has 2 N–H and O–H groups in total. The summed E-state index contributed by atoms with van der Waals surface area (Å²) < 4.78 is 5.67. The van der Waals surface area contributed by atoms with E-state index in [1.54, 1.807) is 18.3 Å². The Morgan fingerprint density at radius 1 is 1.29 bits per heavy atom. The third kappa shape index (κ3) is 2.60. The molecule has 4 heteroatoms. The summed E-state index contributed by atoms with van der Waals surface area (Å²) in [5, 5.41) is 8.74. The van der Waals surface area contributed by atoms with Crippen molar-refractivity contribution in [3.63, 3.8) is 0 Å². The molecule has 1 heterocycles. The Balaban J connectivity index is 2.28. The van der Waals surface area contributed by atoms with Crippen LogP contribution >= 0.6 is 0 Å². The van der Waals surface area contributed by atoms with E-state index in [4.69, 9.17) is 15.7 Å². The molecule has 0 bridgehead atoms. The zero-order valence-electron chi connectivity index (χ0n) is 9.13. The van der Waals surface area contributed by atoms with Crippen LogP contribution in [0.15, 0.2) is 42.6 Å². The molecule has 0 aliphatic carbocycles. The predicted octanol–water partition coefficient (Wildman–Crippen LogP) is 2.20. The fourth-order valence-corrected chi connectivity index (χ4v) is 1.43. The molecule has 0 aliphatic heterocycles. The van der Waals surface area contributed by atoms with Crippen LogP contribution in [-0.2, 0) is 6.54 Å². The van der Waals surface area contributed by atoms with E-state index < -0.39 is 0 Å². The summed E-state index contributed by atoms with van der Waals surface area (Å²) in [6.45, 7) is 0.409. The molecule has 0 unspecified atom stereocenters. The topological polar surface area (TPSA) is 71.9 Å². The lowest BCUT2D eigenvalue weighted by Crippen LogP contribution is -1.99. The second-order valence-electron chi connectivity index (χ2n) is 3.40. The van der Waals surface area contributed by atoms with Crippen molar-refractivity contribution in [3.05, 3.63) is 53.9 Å². The second kappa shape index (κ2) is 5.10. The SMILES string of the molecule is N#Cc1cc(Oc2ccccc2CN)ccn1. The standard InChI is InChI=1S/C13H11N3O/c14-8-10-3-1-2-4-13(10)17-12-5-6-16-11(7-12)9-15/h1-7H,8,14H2. The van der Waals surface area contributed by atoms with Crippen molar-refractivity contribution in [1.29, 1.82) is 5.26 Å². The van der Waals surface area contributed by atoms with Crippen molar-refractivity contribution >= 4 is 0 Å². The number of ether oxygens (including phenoxy) is 1. The molecule has 0 spiro atoms. The van der Waals surface area contributed by atoms with Gasteiger partial charge >= 0.3 is 0 Å². The molecule has 0 aliphatic rings. The first kappa shape index (κ1) is 11.1. The average Bonchev–Trinajstić information content (AvgIpc) is 2.39. The maximum atomic E-state index is 8.74. The van der Waals surface area contributed by atoms with Crippen LogP contribution in [-0.4, -0.2) is 4.98 Å². The largest absolute Gasteiger partial charge is 0.457 e. The second-order valence-corrected chi connectivity index (χ2v) is 3.40. The van der Waals surface area contributed by atoms with Crippen LogP contribution in [0, 0.1) is 11.3 Å². The lowest BCUT2D eigenvalue weighted by atomic mass is 10.2. The number of rotatable bonds is 3. The molecule has 17 heavy (non-hydrogen) atoms. The first-order chi connectivity index (χ1) is 8.33. The highest BCUT2D eigenvalue weighted by Gasteiger charge is 2.03. The van der Waals surface area contributed by atoms with Crippen LogP contribution in [0.4, 0.5) is 0 Å². The number of pyridine rings is 1. The minimum Gasteiger partial charge on any atom is -0.457 e. The number of hydrogen-bond donors (Lipinski definition) is 1. The maximum Gasteiger partial charge on any atom is 0.144 e. The zero-order valence-corrected chi connectivity index (χ0v) is 9.13. The maximum absolute atomic E-state index is 8.74. The molecule has 2 aromatic rings. The molecule has 0 radical (unpaired) electrons. The third-order valence-electron chi connectivity index (χ3n) is 2.27. The minimum absolute atomic E-state index is 0.327. The van der Waals surface area contributed by atoms with E-state index in [0.29, 0.717) is 23.7 Å². The number of para-hydroxylation sites is 1. The average molecular weight is 225 g/mol. The van der Waals surface area contributed by atoms with Gasteiger partial charge in [-0.1, -0.05) is 18.2 Å². The third-order valence-corrected chi connectivity index (χ3v) is 2.27. The summed E-state index contributed by atoms with van der Waals surface area (Å²) in [7, 11) is 0. The van der Waals surface area contributed by atoms with Gasteiger partial charge in [0.25, 0.3) is 0 Å². The van der Waals surface area contributed by atoms with Gasteiger partial charge in [0.15, 0.2) is 0 Å². The molecule has 0 saturated heterocycles. The number of hydrogen-bond acceptors (Lipinski definition) is 4. The zero-order chi connectivity index (χ0) is 12.1. The van der Waals surface area contributed by atoms with Crippen molar-refractivity contribution in [3.8, 4) is 17.6 Å². The van der Waals surface area contributed by atoms with E-state index in [1.165, 1.54) is 0 Å². The number of nitrogens with two attached hydrogens (primary N) is 1. The number of nitrogens with zero attached hydrogens (tertiary/aromatic N) is 2. The van der Waals surface area contributed by atoms with Crippen molar-refractivity contribution < 1.29 is 4.74 Å². The van der Waals surface area contributed by atoms with Crippen molar-refractivity contribution in [2.45, 2.75) is 6.54 Å². The van der Waals surface area contributed by atoms with E-state index in [9.17, 15) is 0 Å². The Labute approximate surface area is 99.3 Å². The summed E-state index contributed by atoms with van der Waals surface area (Å²) in [5.41, 5.74) is 6.86. The highest BCUT2D eigenvalue weighted by atomic mass is 16.5. The fourth-order valence-electron chi connectivity index (χ4n) is 1.43. The van der Waals surface area contributed by atoms with Crippen molar-refractivity contribution in [1.82, 2.24) is 4.98 Å². The van der Waals surface area contributed by atoms with E-state index in [-0.39, 0.29) is 0 Å². The van der Waals surface area contributed by atoms with E-state index in [1.807, 2.05) is 30.3 Å². The van der Waals surface area contributed by atoms with Gasteiger partial charge in [0.1, 0.15) is 23.3 Å². The smallest absolute Gasteiger partial charge is 0.144 e. The lowest BCUT2D eigenvalue weighted by Gasteiger charge is -2.09. The van der Waals surface area contributed by atoms with Crippen LogP contribution in [0.5, 0.6) is 11.5 Å². The summed E-state index contributed by atoms with van der Waals surface area (Å²) in [6, 6.07) is 12.8. The van der Waals surface area contributed by atoms with Gasteiger partial charge in [-0.25, -0.2) is 4.98 Å². The molecule has 0 amide bonds. The van der Waals surface area contributed by atoms with Gasteiger partial charge in [0, 0.05) is 24.4 Å². The van der Waals surface area contributed by atoms with E-state index in [2.05, 4.69) is 4.98 Å². The van der Waals surface area contributed by atoms with Gasteiger partial charge in [-0.05, 0) is 12.1 Å². The summed E-state index contributed by atoms with van der Waals surface area (Å²) in [4.78, 5) is 3.88. The summed E-state index contributed by atoms with van der Waals surface area (Å²) in [5.74, 6) is 1.28. The van der Waals surface area contributed by atoms with Gasteiger partial charge in [-0.2, -0.15) is 5.26 Å². The van der Waals surface area contributed by atoms with Crippen molar-refractivity contribution in [2.75, 3.05) is 0 Å². The summed E-state index contributed by atoms with van der Waals surface area (Å²) >= 11 is 0. The van der Waals surface area contributed by atoms with Gasteiger partial charge in [0.2, 0.25) is 0 Å². The molecule has 4 nitrogen and oxygen atoms in total. The van der Waals surface area contributed by atoms with E-state index in [0.717, 1.165) is 5.56 Å². The van der Waals surface area contributed by atoms with Crippen LogP contribution in [0.25, 0.3) is 0 Å². The van der Waals surface area contributed by atoms with Gasteiger partial charge in [0.05, 0.1) is 0 Å². The Morgan fingerprint density at radius 2 is 2.12 bits per heavy atom. The molecule has 2 rings (SSSR count). The van der Waals surface area contributed by atoms with E-state index >= 15 is 0 Å². The number of aromatic nitrogens is 1. The van der Waals surface area contributed by atoms with Crippen LogP contribution in [0.3, 0.4) is 0 Å². The molecular formula is C13H11N3O. The highest BCUT2D eigenvalue weighted by molar-refractivity contribution is 5.39. The van der Waals surface area contributed by atoms with Crippen LogP contribution in [0.2, 0.25) is 0 Å². The molecule has 84 valence electrons. The monoisotopic (exact) mass is 225 g/mol. The molecule has 1 aromatic carbocycles. The first-order valence-electron chi connectivity index (χ1n) is 5.15. The first-order valence-corrected chi connectivity index (χ1v) is 5.15. The molecular weight excluding hydrogens is 214 g/mol. The minimum atomic E-state index is 0.327. The fraction of sp³-hybridized carbons (Fsp3) is 0.0769. The summed E-state index contributed by atoms with van der Waals surface area (Å²) in [6.07, 6.45) is 1.54. The Bertz CT molecular complexity index is 561. The molecule has 0 saturated carbocycles. The van der Waals surface area contributed by atoms with Gasteiger partial charge < -0.3 is 10.5 Å². The predicted molar refractivity (Wildman–Crippen MR) is 63.4 cm³/mol. The normalized spacial score (nSPS) is 9.65. The lowest BCUT2D eigenvalue weighted by molar-refractivity contribution is 0.475. The highest BCUT2D eigenvalue weighted by Crippen LogP contribution is 2.24. The number of benzene rings is 1. The number of nitriles is 1. The molecule has 0 fully saturated rings. The van der Waals surface area contributed by atoms with Gasteiger partial charge in [-0.3, -0.25) is 0 Å². The quantitative estimate of drug-likeness (QED) is 0.869. The Hall–Kier alpha value is -2.38. The van der Waals surface area contributed by atoms with Crippen LogP contribution < -0.4 is 10.5 Å². The van der Waals surface area contributed by atoms with Gasteiger partial charge in [-0.15, -0.1) is 0 Å². The Kier molecular flexibility index (Phi) is 3.34. The Morgan fingerprint density at radius 3 is 2.88 bits per heavy atom. The molecule has 1 aromatic heterocycles. The van der Waals surface area contributed by atoms with Crippen molar-refractivity contribution in [2.24, 2.45) is 5.73 Å². The van der Waals surface area contributed by atoms with Crippen LogP contribution in [0.1, 0.15) is 11.3 Å².